The van der Waals surface area contributed by atoms with Crippen molar-refractivity contribution in [1.29, 1.82) is 0 Å². The fourth-order valence-corrected chi connectivity index (χ4v) is 2.08. The van der Waals surface area contributed by atoms with Crippen LogP contribution in [0.3, 0.4) is 0 Å². The Kier molecular flexibility index (Phi) is 5.94. The summed E-state index contributed by atoms with van der Waals surface area (Å²) in [5.74, 6) is 0. The van der Waals surface area contributed by atoms with Gasteiger partial charge >= 0.3 is 6.18 Å². The van der Waals surface area contributed by atoms with Crippen LogP contribution < -0.4 is 5.32 Å². The van der Waals surface area contributed by atoms with Gasteiger partial charge in [0, 0.05) is 17.5 Å². The van der Waals surface area contributed by atoms with Gasteiger partial charge in [0.2, 0.25) is 0 Å². The molecule has 6 heteroatoms. The minimum Gasteiger partial charge on any atom is -0.372 e. The molecule has 0 radical (unpaired) electrons. The molecule has 1 heterocycles. The van der Waals surface area contributed by atoms with Gasteiger partial charge < -0.3 is 10.1 Å². The molecule has 0 spiro atoms. The smallest absolute Gasteiger partial charge is 0.372 e. The molecule has 2 nitrogen and oxygen atoms in total. The second-order valence-corrected chi connectivity index (χ2v) is 4.69. The van der Waals surface area contributed by atoms with E-state index >= 15 is 0 Å². The number of halogens is 3. The topological polar surface area (TPSA) is 21.3 Å². The first-order chi connectivity index (χ1) is 7.99. The largest absolute Gasteiger partial charge is 0.411 e. The highest BCUT2D eigenvalue weighted by Gasteiger charge is 2.27. The van der Waals surface area contributed by atoms with E-state index in [0.29, 0.717) is 13.0 Å². The zero-order valence-electron chi connectivity index (χ0n) is 9.59. The first-order valence-corrected chi connectivity index (χ1v) is 6.28. The molecule has 0 aliphatic heterocycles. The summed E-state index contributed by atoms with van der Waals surface area (Å²) < 4.78 is 39.7. The Balaban J connectivity index is 2.01. The van der Waals surface area contributed by atoms with Gasteiger partial charge in [0.25, 0.3) is 0 Å². The van der Waals surface area contributed by atoms with Crippen LogP contribution in [0.25, 0.3) is 0 Å². The summed E-state index contributed by atoms with van der Waals surface area (Å²) in [6, 6.07) is 4.24. The Morgan fingerprint density at radius 1 is 1.47 bits per heavy atom. The molecule has 98 valence electrons. The van der Waals surface area contributed by atoms with Crippen molar-refractivity contribution in [3.8, 4) is 0 Å². The number of hydrogen-bond acceptors (Lipinski definition) is 3. The molecule has 1 atom stereocenters. The first-order valence-electron chi connectivity index (χ1n) is 5.40. The molecule has 1 aromatic rings. The minimum absolute atomic E-state index is 0.129. The molecule has 1 rings (SSSR count). The van der Waals surface area contributed by atoms with Crippen molar-refractivity contribution in [2.24, 2.45) is 0 Å². The van der Waals surface area contributed by atoms with E-state index in [0.717, 1.165) is 0 Å². The van der Waals surface area contributed by atoms with Gasteiger partial charge in [0.05, 0.1) is 0 Å². The average molecular weight is 267 g/mol. The summed E-state index contributed by atoms with van der Waals surface area (Å²) in [4.78, 5) is 1.22. The molecule has 0 aliphatic rings. The van der Waals surface area contributed by atoms with Crippen LogP contribution in [-0.2, 0) is 4.74 Å². The summed E-state index contributed by atoms with van der Waals surface area (Å²) in [6.45, 7) is 1.65. The lowest BCUT2D eigenvalue weighted by Crippen LogP contribution is -2.22. The number of hydrogen-bond donors (Lipinski definition) is 1. The second kappa shape index (κ2) is 6.98. The minimum atomic E-state index is -4.22. The number of alkyl halides is 3. The third-order valence-electron chi connectivity index (χ3n) is 2.15. The van der Waals surface area contributed by atoms with Crippen molar-refractivity contribution >= 4 is 11.3 Å². The SMILES string of the molecule is C[C@H](NCCCOCC(F)(F)F)c1cccs1. The van der Waals surface area contributed by atoms with Crippen LogP contribution >= 0.6 is 11.3 Å². The number of thiophene rings is 1. The van der Waals surface area contributed by atoms with E-state index in [1.165, 1.54) is 4.88 Å². The molecule has 0 saturated carbocycles. The van der Waals surface area contributed by atoms with Gasteiger partial charge in [-0.2, -0.15) is 13.2 Å². The molecule has 0 fully saturated rings. The van der Waals surface area contributed by atoms with Crippen molar-refractivity contribution in [1.82, 2.24) is 5.32 Å². The van der Waals surface area contributed by atoms with E-state index in [1.807, 2.05) is 24.4 Å². The van der Waals surface area contributed by atoms with E-state index in [4.69, 9.17) is 0 Å². The van der Waals surface area contributed by atoms with Crippen LogP contribution in [0.1, 0.15) is 24.3 Å². The monoisotopic (exact) mass is 267 g/mol. The molecule has 0 bridgehead atoms. The fraction of sp³-hybridized carbons (Fsp3) is 0.636. The Labute approximate surface area is 103 Å². The summed E-state index contributed by atoms with van der Waals surface area (Å²) in [6.07, 6.45) is -3.65. The van der Waals surface area contributed by atoms with Crippen molar-refractivity contribution < 1.29 is 17.9 Å². The highest BCUT2D eigenvalue weighted by molar-refractivity contribution is 7.10. The maximum absolute atomic E-state index is 11.7. The maximum atomic E-state index is 11.7. The molecule has 0 amide bonds. The number of nitrogens with one attached hydrogen (secondary N) is 1. The lowest BCUT2D eigenvalue weighted by molar-refractivity contribution is -0.173. The normalized spacial score (nSPS) is 13.9. The second-order valence-electron chi connectivity index (χ2n) is 3.71. The van der Waals surface area contributed by atoms with Gasteiger partial charge in [-0.3, -0.25) is 0 Å². The van der Waals surface area contributed by atoms with Crippen LogP contribution in [0.15, 0.2) is 17.5 Å². The Morgan fingerprint density at radius 3 is 2.82 bits per heavy atom. The van der Waals surface area contributed by atoms with E-state index in [2.05, 4.69) is 10.1 Å². The van der Waals surface area contributed by atoms with Gasteiger partial charge in [-0.25, -0.2) is 0 Å². The quantitative estimate of drug-likeness (QED) is 0.765. The number of ether oxygens (including phenoxy) is 1. The number of rotatable bonds is 7. The van der Waals surface area contributed by atoms with Crippen LogP contribution in [0.4, 0.5) is 13.2 Å². The maximum Gasteiger partial charge on any atom is 0.411 e. The fourth-order valence-electron chi connectivity index (χ4n) is 1.32. The molecule has 0 aromatic carbocycles. The summed E-state index contributed by atoms with van der Waals surface area (Å²) in [5, 5.41) is 5.23. The summed E-state index contributed by atoms with van der Waals surface area (Å²) >= 11 is 1.66. The predicted octanol–water partition coefficient (Wildman–Crippen LogP) is 3.37. The molecule has 0 saturated heterocycles. The molecule has 1 aromatic heterocycles. The van der Waals surface area contributed by atoms with Crippen molar-refractivity contribution in [3.63, 3.8) is 0 Å². The first kappa shape index (κ1) is 14.5. The predicted molar refractivity (Wildman–Crippen MR) is 62.2 cm³/mol. The lowest BCUT2D eigenvalue weighted by atomic mass is 10.2. The van der Waals surface area contributed by atoms with Gasteiger partial charge in [-0.1, -0.05) is 6.07 Å². The van der Waals surface area contributed by atoms with E-state index in [-0.39, 0.29) is 12.6 Å². The molecule has 0 aliphatic carbocycles. The molecule has 17 heavy (non-hydrogen) atoms. The average Bonchev–Trinajstić information content (AvgIpc) is 2.74. The van der Waals surface area contributed by atoms with Crippen molar-refractivity contribution in [3.05, 3.63) is 22.4 Å². The van der Waals surface area contributed by atoms with E-state index < -0.39 is 12.8 Å². The van der Waals surface area contributed by atoms with Crippen molar-refractivity contribution in [2.45, 2.75) is 25.6 Å². The van der Waals surface area contributed by atoms with Crippen LogP contribution in [-0.4, -0.2) is 25.9 Å². The lowest BCUT2D eigenvalue weighted by Gasteiger charge is -2.12. The molecule has 1 N–H and O–H groups in total. The standard InChI is InChI=1S/C11H16F3NOS/c1-9(10-4-2-7-17-10)15-5-3-6-16-8-11(12,13)14/h2,4,7,9,15H,3,5-6,8H2,1H3/t9-/m0/s1. The van der Waals surface area contributed by atoms with E-state index in [1.54, 1.807) is 11.3 Å². The summed E-state index contributed by atoms with van der Waals surface area (Å²) in [7, 11) is 0. The van der Waals surface area contributed by atoms with Gasteiger partial charge in [0.1, 0.15) is 6.61 Å². The van der Waals surface area contributed by atoms with Crippen molar-refractivity contribution in [2.75, 3.05) is 19.8 Å². The summed E-state index contributed by atoms with van der Waals surface area (Å²) in [5.41, 5.74) is 0. The zero-order valence-corrected chi connectivity index (χ0v) is 10.4. The third kappa shape index (κ3) is 6.65. The highest BCUT2D eigenvalue weighted by Crippen LogP contribution is 2.18. The molecular weight excluding hydrogens is 251 g/mol. The Hall–Kier alpha value is -0.590. The zero-order chi connectivity index (χ0) is 12.7. The van der Waals surface area contributed by atoms with Gasteiger partial charge in [-0.15, -0.1) is 11.3 Å². The van der Waals surface area contributed by atoms with Crippen LogP contribution in [0.2, 0.25) is 0 Å². The van der Waals surface area contributed by atoms with Gasteiger partial charge in [0.15, 0.2) is 0 Å². The molecular formula is C11H16F3NOS. The van der Waals surface area contributed by atoms with E-state index in [9.17, 15) is 13.2 Å². The third-order valence-corrected chi connectivity index (χ3v) is 3.21. The Morgan fingerprint density at radius 2 is 2.24 bits per heavy atom. The van der Waals surface area contributed by atoms with Gasteiger partial charge in [-0.05, 0) is 31.3 Å². The molecule has 0 unspecified atom stereocenters. The Bertz CT molecular complexity index is 300. The van der Waals surface area contributed by atoms with Crippen LogP contribution in [0, 0.1) is 0 Å². The van der Waals surface area contributed by atoms with Crippen LogP contribution in [0.5, 0.6) is 0 Å². The highest BCUT2D eigenvalue weighted by atomic mass is 32.1.